The van der Waals surface area contributed by atoms with Gasteiger partial charge in [0, 0.05) is 45.5 Å². The maximum absolute atomic E-state index is 5.93. The van der Waals surface area contributed by atoms with Crippen molar-refractivity contribution in [3.63, 3.8) is 0 Å². The van der Waals surface area contributed by atoms with E-state index in [4.69, 9.17) is 5.73 Å². The Morgan fingerprint density at radius 2 is 1.47 bits per heavy atom. The largest absolute Gasteiger partial charge is 0.404 e. The SMILES string of the molecule is C=C/C(=C\N)c1ccc(N(c2ccc(C3=CC4(C)c5ccccc5N(C5=CC=CCC5)C4C=C3)cc2)c2ccc3c(c2)C(C)(C)c2ccccc2-3)cc1. The number of anilines is 4. The Bertz CT molecular complexity index is 2420. The maximum atomic E-state index is 5.93. The fraction of sp³-hybridized carbons (Fsp3) is 0.160. The van der Waals surface area contributed by atoms with Crippen molar-refractivity contribution in [1.82, 2.24) is 0 Å². The first-order chi connectivity index (χ1) is 25.8. The third-order valence-corrected chi connectivity index (χ3v) is 12.0. The predicted octanol–water partition coefficient (Wildman–Crippen LogP) is 12.3. The van der Waals surface area contributed by atoms with Gasteiger partial charge in [0.05, 0.1) is 6.04 Å². The van der Waals surface area contributed by atoms with E-state index in [2.05, 4.69) is 189 Å². The molecule has 1 heterocycles. The third-order valence-electron chi connectivity index (χ3n) is 12.0. The molecule has 0 saturated carbocycles. The molecule has 0 fully saturated rings. The summed E-state index contributed by atoms with van der Waals surface area (Å²) in [5.41, 5.74) is 22.9. The number of hydrogen-bond acceptors (Lipinski definition) is 3. The molecule has 0 amide bonds. The van der Waals surface area contributed by atoms with Crippen LogP contribution in [0.1, 0.15) is 61.4 Å². The van der Waals surface area contributed by atoms with Crippen LogP contribution < -0.4 is 15.5 Å². The molecule has 260 valence electrons. The van der Waals surface area contributed by atoms with Crippen LogP contribution in [0.5, 0.6) is 0 Å². The van der Waals surface area contributed by atoms with E-state index in [-0.39, 0.29) is 16.9 Å². The summed E-state index contributed by atoms with van der Waals surface area (Å²) >= 11 is 0. The Kier molecular flexibility index (Phi) is 7.78. The number of nitrogens with two attached hydrogens (primary N) is 1. The molecule has 0 saturated heterocycles. The molecule has 53 heavy (non-hydrogen) atoms. The highest BCUT2D eigenvalue weighted by Gasteiger charge is 2.47. The van der Waals surface area contributed by atoms with Gasteiger partial charge in [-0.25, -0.2) is 0 Å². The van der Waals surface area contributed by atoms with Gasteiger partial charge in [-0.1, -0.05) is 130 Å². The van der Waals surface area contributed by atoms with Crippen molar-refractivity contribution in [2.24, 2.45) is 5.73 Å². The van der Waals surface area contributed by atoms with Gasteiger partial charge < -0.3 is 15.5 Å². The molecule has 2 unspecified atom stereocenters. The number of allylic oxidation sites excluding steroid dienone is 8. The zero-order chi connectivity index (χ0) is 36.3. The molecule has 4 aliphatic rings. The minimum Gasteiger partial charge on any atom is -0.404 e. The smallest absolute Gasteiger partial charge is 0.0652 e. The fourth-order valence-electron chi connectivity index (χ4n) is 9.20. The maximum Gasteiger partial charge on any atom is 0.0652 e. The Labute approximate surface area is 314 Å². The summed E-state index contributed by atoms with van der Waals surface area (Å²) in [6, 6.07) is 42.7. The van der Waals surface area contributed by atoms with E-state index in [1.165, 1.54) is 50.3 Å². The second-order valence-electron chi connectivity index (χ2n) is 15.4. The van der Waals surface area contributed by atoms with Crippen LogP contribution in [0.25, 0.3) is 22.3 Å². The van der Waals surface area contributed by atoms with Gasteiger partial charge in [0.1, 0.15) is 0 Å². The molecule has 3 aliphatic carbocycles. The van der Waals surface area contributed by atoms with Crippen LogP contribution in [0.4, 0.5) is 22.7 Å². The first-order valence-corrected chi connectivity index (χ1v) is 18.8. The Balaban J connectivity index is 1.10. The summed E-state index contributed by atoms with van der Waals surface area (Å²) in [5, 5.41) is 0. The highest BCUT2D eigenvalue weighted by atomic mass is 15.2. The number of hydrogen-bond donors (Lipinski definition) is 1. The number of rotatable bonds is 7. The molecule has 0 spiro atoms. The topological polar surface area (TPSA) is 32.5 Å². The molecule has 0 radical (unpaired) electrons. The van der Waals surface area contributed by atoms with Crippen molar-refractivity contribution in [1.29, 1.82) is 0 Å². The van der Waals surface area contributed by atoms with Crippen LogP contribution in [0, 0.1) is 0 Å². The van der Waals surface area contributed by atoms with Crippen molar-refractivity contribution < 1.29 is 0 Å². The van der Waals surface area contributed by atoms with Gasteiger partial charge in [0.2, 0.25) is 0 Å². The minimum absolute atomic E-state index is 0.0987. The Morgan fingerprint density at radius 1 is 0.792 bits per heavy atom. The van der Waals surface area contributed by atoms with Gasteiger partial charge in [-0.3, -0.25) is 0 Å². The molecule has 1 aliphatic heterocycles. The van der Waals surface area contributed by atoms with Gasteiger partial charge in [0.15, 0.2) is 0 Å². The summed E-state index contributed by atoms with van der Waals surface area (Å²) in [6.45, 7) is 11.0. The lowest BCUT2D eigenvalue weighted by molar-refractivity contribution is 0.539. The van der Waals surface area contributed by atoms with Crippen LogP contribution in [0.2, 0.25) is 0 Å². The van der Waals surface area contributed by atoms with Gasteiger partial charge >= 0.3 is 0 Å². The monoisotopic (exact) mass is 687 g/mol. The fourth-order valence-corrected chi connectivity index (χ4v) is 9.20. The molecule has 0 bridgehead atoms. The van der Waals surface area contributed by atoms with Crippen LogP contribution in [0.3, 0.4) is 0 Å². The van der Waals surface area contributed by atoms with Crippen LogP contribution in [-0.4, -0.2) is 6.04 Å². The predicted molar refractivity (Wildman–Crippen MR) is 225 cm³/mol. The van der Waals surface area contributed by atoms with Crippen molar-refractivity contribution in [2.75, 3.05) is 9.80 Å². The first kappa shape index (κ1) is 32.8. The summed E-state index contributed by atoms with van der Waals surface area (Å²) in [4.78, 5) is 4.94. The molecule has 3 heteroatoms. The van der Waals surface area contributed by atoms with Crippen molar-refractivity contribution >= 4 is 33.9 Å². The zero-order valence-corrected chi connectivity index (χ0v) is 30.8. The van der Waals surface area contributed by atoms with E-state index in [1.807, 2.05) is 0 Å². The molecule has 2 N–H and O–H groups in total. The van der Waals surface area contributed by atoms with E-state index in [1.54, 1.807) is 12.3 Å². The minimum atomic E-state index is -0.147. The number of benzene rings is 5. The van der Waals surface area contributed by atoms with E-state index in [0.29, 0.717) is 0 Å². The summed E-state index contributed by atoms with van der Waals surface area (Å²) in [6.07, 6.45) is 19.6. The second kappa shape index (κ2) is 12.6. The van der Waals surface area contributed by atoms with Crippen molar-refractivity contribution in [2.45, 2.75) is 50.5 Å². The molecular formula is C50H45N3. The molecular weight excluding hydrogens is 643 g/mol. The highest BCUT2D eigenvalue weighted by Crippen LogP contribution is 2.53. The lowest BCUT2D eigenvalue weighted by Gasteiger charge is -2.37. The van der Waals surface area contributed by atoms with E-state index in [9.17, 15) is 0 Å². The lowest BCUT2D eigenvalue weighted by atomic mass is 9.73. The molecule has 0 aromatic heterocycles. The molecule has 5 aromatic rings. The summed E-state index contributed by atoms with van der Waals surface area (Å²) < 4.78 is 0. The number of fused-ring (bicyclic) bond motifs is 6. The van der Waals surface area contributed by atoms with E-state index < -0.39 is 0 Å². The molecule has 5 aromatic carbocycles. The average Bonchev–Trinajstić information content (AvgIpc) is 3.60. The third kappa shape index (κ3) is 5.17. The summed E-state index contributed by atoms with van der Waals surface area (Å²) in [5.74, 6) is 0. The van der Waals surface area contributed by atoms with Gasteiger partial charge in [0.25, 0.3) is 0 Å². The second-order valence-corrected chi connectivity index (χ2v) is 15.4. The zero-order valence-electron chi connectivity index (χ0n) is 30.8. The summed E-state index contributed by atoms with van der Waals surface area (Å²) in [7, 11) is 0. The molecule has 3 nitrogen and oxygen atoms in total. The standard InChI is InChI=1S/C50H45N3/c1-5-34(33-51)35-19-24-39(25-20-35)52(41-28-29-43-42-15-9-10-16-44(42)49(2,3)46(43)31-41)40-26-21-36(22-27-40)37-23-30-48-50(4,32-37)45-17-11-12-18-47(45)53(48)38-13-7-6-8-14-38/h5-7,9-13,15-33,48H,1,8,14,51H2,2-4H3/b34-33+. The quantitative estimate of drug-likeness (QED) is 0.173. The van der Waals surface area contributed by atoms with Gasteiger partial charge in [-0.05, 0) is 118 Å². The van der Waals surface area contributed by atoms with Crippen LogP contribution in [-0.2, 0) is 10.8 Å². The van der Waals surface area contributed by atoms with Crippen molar-refractivity contribution in [3.05, 3.63) is 204 Å². The first-order valence-electron chi connectivity index (χ1n) is 18.8. The van der Waals surface area contributed by atoms with E-state index >= 15 is 0 Å². The van der Waals surface area contributed by atoms with Crippen LogP contribution >= 0.6 is 0 Å². The van der Waals surface area contributed by atoms with Gasteiger partial charge in [-0.15, -0.1) is 0 Å². The lowest BCUT2D eigenvalue weighted by Crippen LogP contribution is -2.41. The normalized spacial score (nSPS) is 20.5. The Morgan fingerprint density at radius 3 is 2.19 bits per heavy atom. The average molecular weight is 688 g/mol. The number of nitrogens with zero attached hydrogens (tertiary/aromatic N) is 2. The van der Waals surface area contributed by atoms with Gasteiger partial charge in [-0.2, -0.15) is 0 Å². The molecule has 2 atom stereocenters. The van der Waals surface area contributed by atoms with E-state index in [0.717, 1.165) is 41.0 Å². The Hall–Kier alpha value is -6.06. The molecule has 9 rings (SSSR count). The highest BCUT2D eigenvalue weighted by molar-refractivity contribution is 5.87. The van der Waals surface area contributed by atoms with Crippen LogP contribution in [0.15, 0.2) is 176 Å². The van der Waals surface area contributed by atoms with Crippen molar-refractivity contribution in [3.8, 4) is 11.1 Å². The number of para-hydroxylation sites is 1.